The van der Waals surface area contributed by atoms with Crippen molar-refractivity contribution in [2.75, 3.05) is 0 Å². The Balaban J connectivity index is 1.12. The highest BCUT2D eigenvalue weighted by Gasteiger charge is 2.18. The van der Waals surface area contributed by atoms with Gasteiger partial charge in [-0.05, 0) is 89.0 Å². The highest BCUT2D eigenvalue weighted by molar-refractivity contribution is 6.21. The van der Waals surface area contributed by atoms with Gasteiger partial charge < -0.3 is 4.42 Å². The number of fused-ring (bicyclic) bond motifs is 6. The molecule has 0 fully saturated rings. The molecule has 0 spiro atoms. The fourth-order valence-corrected chi connectivity index (χ4v) is 7.88. The van der Waals surface area contributed by atoms with Gasteiger partial charge in [0.2, 0.25) is 0 Å². The molecule has 1 nitrogen and oxygen atoms in total. The molecule has 0 N–H and O–H groups in total. The summed E-state index contributed by atoms with van der Waals surface area (Å²) in [5.74, 6) is 0. The number of rotatable bonds is 4. The lowest BCUT2D eigenvalue weighted by molar-refractivity contribution is 0.669. The third-order valence-electron chi connectivity index (χ3n) is 10.1. The van der Waals surface area contributed by atoms with Crippen LogP contribution in [0.3, 0.4) is 0 Å². The zero-order chi connectivity index (χ0) is 32.3. The van der Waals surface area contributed by atoms with Crippen molar-refractivity contribution >= 4 is 54.3 Å². The fraction of sp³-hybridized carbons (Fsp3) is 0. The van der Waals surface area contributed by atoms with E-state index in [0.29, 0.717) is 0 Å². The average molecular weight is 623 g/mol. The second-order valence-electron chi connectivity index (χ2n) is 12.8. The van der Waals surface area contributed by atoms with Gasteiger partial charge in [0, 0.05) is 10.8 Å². The Morgan fingerprint density at radius 1 is 0.265 bits per heavy atom. The summed E-state index contributed by atoms with van der Waals surface area (Å²) in [6.45, 7) is 0. The summed E-state index contributed by atoms with van der Waals surface area (Å²) in [6.07, 6.45) is 0. The van der Waals surface area contributed by atoms with E-state index in [1.165, 1.54) is 76.8 Å². The maximum Gasteiger partial charge on any atom is 0.136 e. The van der Waals surface area contributed by atoms with E-state index in [1.54, 1.807) is 0 Å². The molecule has 0 aliphatic rings. The SMILES string of the molecule is c1ccc2c(-c3ccc(-c4c5ccccc5c(-c5ccc(-c6cccc7oc8ccccc8c67)cc5)c5ccccc45)cc3)cccc2c1. The van der Waals surface area contributed by atoms with E-state index >= 15 is 0 Å². The Morgan fingerprint density at radius 2 is 0.673 bits per heavy atom. The molecule has 0 radical (unpaired) electrons. The minimum atomic E-state index is 0.917. The summed E-state index contributed by atoms with van der Waals surface area (Å²) in [7, 11) is 0. The minimum absolute atomic E-state index is 0.917. The van der Waals surface area contributed by atoms with Crippen LogP contribution in [0.5, 0.6) is 0 Å². The van der Waals surface area contributed by atoms with Crippen molar-refractivity contribution < 1.29 is 4.42 Å². The summed E-state index contributed by atoms with van der Waals surface area (Å²) >= 11 is 0. The second kappa shape index (κ2) is 11.1. The second-order valence-corrected chi connectivity index (χ2v) is 12.8. The lowest BCUT2D eigenvalue weighted by Crippen LogP contribution is -1.91. The third kappa shape index (κ3) is 4.40. The Kier molecular flexibility index (Phi) is 6.25. The van der Waals surface area contributed by atoms with Gasteiger partial charge in [-0.1, -0.05) is 170 Å². The normalized spacial score (nSPS) is 11.7. The summed E-state index contributed by atoms with van der Waals surface area (Å²) in [5.41, 5.74) is 11.7. The van der Waals surface area contributed by atoms with Crippen molar-refractivity contribution in [2.45, 2.75) is 0 Å². The van der Waals surface area contributed by atoms with Crippen molar-refractivity contribution in [3.63, 3.8) is 0 Å². The predicted octanol–water partition coefficient (Wildman–Crippen LogP) is 13.7. The van der Waals surface area contributed by atoms with Gasteiger partial charge in [-0.3, -0.25) is 0 Å². The molecule has 10 aromatic rings. The molecular weight excluding hydrogens is 593 g/mol. The van der Waals surface area contributed by atoms with Crippen LogP contribution in [0.25, 0.3) is 98.8 Å². The van der Waals surface area contributed by atoms with Crippen molar-refractivity contribution in [2.24, 2.45) is 0 Å². The molecule has 0 saturated heterocycles. The van der Waals surface area contributed by atoms with Crippen molar-refractivity contribution in [1.82, 2.24) is 0 Å². The molecular formula is C48H30O. The quantitative estimate of drug-likeness (QED) is 0.178. The van der Waals surface area contributed by atoms with Gasteiger partial charge in [0.15, 0.2) is 0 Å². The lowest BCUT2D eigenvalue weighted by atomic mass is 9.85. The molecule has 9 aromatic carbocycles. The van der Waals surface area contributed by atoms with Gasteiger partial charge in [0.25, 0.3) is 0 Å². The van der Waals surface area contributed by atoms with Gasteiger partial charge in [-0.15, -0.1) is 0 Å². The van der Waals surface area contributed by atoms with Crippen LogP contribution in [0.4, 0.5) is 0 Å². The molecule has 228 valence electrons. The first-order chi connectivity index (χ1) is 24.3. The average Bonchev–Trinajstić information content (AvgIpc) is 3.56. The molecule has 10 rings (SSSR count). The van der Waals surface area contributed by atoms with Crippen LogP contribution in [0, 0.1) is 0 Å². The molecule has 1 heterocycles. The van der Waals surface area contributed by atoms with E-state index in [9.17, 15) is 0 Å². The molecule has 0 unspecified atom stereocenters. The predicted molar refractivity (Wildman–Crippen MR) is 208 cm³/mol. The molecule has 0 amide bonds. The highest BCUT2D eigenvalue weighted by Crippen LogP contribution is 2.45. The Morgan fingerprint density at radius 3 is 1.29 bits per heavy atom. The van der Waals surface area contributed by atoms with E-state index in [-0.39, 0.29) is 0 Å². The largest absolute Gasteiger partial charge is 0.456 e. The van der Waals surface area contributed by atoms with Crippen molar-refractivity contribution in [3.8, 4) is 44.5 Å². The van der Waals surface area contributed by atoms with E-state index in [4.69, 9.17) is 4.42 Å². The van der Waals surface area contributed by atoms with E-state index < -0.39 is 0 Å². The van der Waals surface area contributed by atoms with Crippen molar-refractivity contribution in [3.05, 3.63) is 182 Å². The van der Waals surface area contributed by atoms with Crippen LogP contribution in [-0.2, 0) is 0 Å². The molecule has 0 bridgehead atoms. The van der Waals surface area contributed by atoms with Crippen LogP contribution in [0.2, 0.25) is 0 Å². The smallest absolute Gasteiger partial charge is 0.136 e. The summed E-state index contributed by atoms with van der Waals surface area (Å²) in [5, 5.41) is 9.87. The van der Waals surface area contributed by atoms with Crippen LogP contribution < -0.4 is 0 Å². The highest BCUT2D eigenvalue weighted by atomic mass is 16.3. The van der Waals surface area contributed by atoms with Crippen LogP contribution in [0.1, 0.15) is 0 Å². The third-order valence-corrected chi connectivity index (χ3v) is 10.1. The number of hydrogen-bond acceptors (Lipinski definition) is 1. The van der Waals surface area contributed by atoms with Gasteiger partial charge in [-0.25, -0.2) is 0 Å². The fourth-order valence-electron chi connectivity index (χ4n) is 7.88. The zero-order valence-corrected chi connectivity index (χ0v) is 26.7. The molecule has 0 aliphatic heterocycles. The van der Waals surface area contributed by atoms with E-state index in [0.717, 1.165) is 21.9 Å². The summed E-state index contributed by atoms with van der Waals surface area (Å²) in [4.78, 5) is 0. The maximum atomic E-state index is 6.20. The van der Waals surface area contributed by atoms with E-state index in [2.05, 4.69) is 170 Å². The summed E-state index contributed by atoms with van der Waals surface area (Å²) in [6, 6.07) is 65.8. The zero-order valence-electron chi connectivity index (χ0n) is 26.7. The number of furan rings is 1. The molecule has 0 saturated carbocycles. The molecule has 49 heavy (non-hydrogen) atoms. The Bertz CT molecular complexity index is 2790. The molecule has 0 aliphatic carbocycles. The topological polar surface area (TPSA) is 13.1 Å². The van der Waals surface area contributed by atoms with Gasteiger partial charge in [0.1, 0.15) is 11.2 Å². The Labute approximate surface area is 284 Å². The van der Waals surface area contributed by atoms with Crippen molar-refractivity contribution in [1.29, 1.82) is 0 Å². The lowest BCUT2D eigenvalue weighted by Gasteiger charge is -2.18. The van der Waals surface area contributed by atoms with Crippen LogP contribution >= 0.6 is 0 Å². The van der Waals surface area contributed by atoms with Crippen LogP contribution in [0.15, 0.2) is 186 Å². The first-order valence-corrected chi connectivity index (χ1v) is 16.8. The van der Waals surface area contributed by atoms with Gasteiger partial charge >= 0.3 is 0 Å². The monoisotopic (exact) mass is 622 g/mol. The molecule has 1 heteroatoms. The van der Waals surface area contributed by atoms with Crippen LogP contribution in [-0.4, -0.2) is 0 Å². The maximum absolute atomic E-state index is 6.20. The Hall–Kier alpha value is -6.44. The standard InChI is InChI=1S/C48H30O/c1-2-13-36-31(11-1)12-9-19-37(36)32-23-27-34(28-24-32)46-39-14-3-5-16-41(39)47(42-17-6-4-15-40(42)46)35-29-25-33(26-30-35)38-20-10-22-45-48(38)43-18-7-8-21-44(43)49-45/h1-30H. The first kappa shape index (κ1) is 27.7. The molecule has 0 atom stereocenters. The van der Waals surface area contributed by atoms with Gasteiger partial charge in [-0.2, -0.15) is 0 Å². The number of benzene rings is 9. The summed E-state index contributed by atoms with van der Waals surface area (Å²) < 4.78 is 6.20. The molecule has 1 aromatic heterocycles. The minimum Gasteiger partial charge on any atom is -0.456 e. The van der Waals surface area contributed by atoms with E-state index in [1.807, 2.05) is 12.1 Å². The van der Waals surface area contributed by atoms with Gasteiger partial charge in [0.05, 0.1) is 0 Å². The number of para-hydroxylation sites is 1. The number of hydrogen-bond donors (Lipinski definition) is 0. The first-order valence-electron chi connectivity index (χ1n) is 16.8.